The molecule has 9 rings (SSSR count). The lowest BCUT2D eigenvalue weighted by atomic mass is 9.72. The number of pyridine rings is 1. The number of hydrogen-bond acceptors (Lipinski definition) is 1. The minimum Gasteiger partial charge on any atom is -0.292 e. The monoisotopic (exact) mass is 510 g/mol. The van der Waals surface area contributed by atoms with Crippen LogP contribution in [-0.2, 0) is 0 Å². The Morgan fingerprint density at radius 1 is 0.538 bits per heavy atom. The molecule has 5 aromatic rings. The van der Waals surface area contributed by atoms with Crippen molar-refractivity contribution >= 4 is 27.3 Å². The van der Waals surface area contributed by atoms with Gasteiger partial charge in [-0.15, -0.1) is 0 Å². The summed E-state index contributed by atoms with van der Waals surface area (Å²) in [6.07, 6.45) is 16.5. The molecule has 3 aromatic carbocycles. The summed E-state index contributed by atoms with van der Waals surface area (Å²) in [5.41, 5.74) is 8.51. The Labute approximate surface area is 231 Å². The van der Waals surface area contributed by atoms with Crippen molar-refractivity contribution < 1.29 is 0 Å². The van der Waals surface area contributed by atoms with Crippen LogP contribution in [0.2, 0.25) is 0 Å². The van der Waals surface area contributed by atoms with Gasteiger partial charge < -0.3 is 0 Å². The molecule has 4 saturated carbocycles. The summed E-state index contributed by atoms with van der Waals surface area (Å²) in [4.78, 5) is 5.19. The summed E-state index contributed by atoms with van der Waals surface area (Å²) in [7, 11) is 0. The van der Waals surface area contributed by atoms with Gasteiger partial charge in [0.25, 0.3) is 0 Å². The molecule has 0 amide bonds. The van der Waals surface area contributed by atoms with Crippen LogP contribution in [0.5, 0.6) is 0 Å². The number of imidazole rings is 1. The molecular weight excluding hydrogens is 472 g/mol. The average molecular weight is 511 g/mol. The Morgan fingerprint density at radius 2 is 1.08 bits per heavy atom. The molecule has 0 saturated heterocycles. The maximum absolute atomic E-state index is 5.19. The van der Waals surface area contributed by atoms with Gasteiger partial charge in [0, 0.05) is 16.3 Å². The molecule has 2 heteroatoms. The van der Waals surface area contributed by atoms with E-state index in [0.29, 0.717) is 11.8 Å². The lowest BCUT2D eigenvalue weighted by Gasteiger charge is -2.33. The second kappa shape index (κ2) is 8.68. The largest absolute Gasteiger partial charge is 0.292 e. The maximum Gasteiger partial charge on any atom is 0.145 e. The van der Waals surface area contributed by atoms with Crippen LogP contribution in [0.25, 0.3) is 38.6 Å². The summed E-state index contributed by atoms with van der Waals surface area (Å²) < 4.78 is 2.52. The zero-order valence-electron chi connectivity index (χ0n) is 22.9. The van der Waals surface area contributed by atoms with Crippen molar-refractivity contribution in [3.8, 4) is 11.3 Å². The van der Waals surface area contributed by atoms with E-state index in [-0.39, 0.29) is 0 Å². The van der Waals surface area contributed by atoms with E-state index < -0.39 is 0 Å². The number of nitrogens with zero attached hydrogens (tertiary/aromatic N) is 2. The molecule has 0 radical (unpaired) electrons. The zero-order chi connectivity index (χ0) is 25.5. The SMILES string of the molecule is c1cc(C2CC3CCC(C3)C2)c(-c2cnc3c4ccccc4c4ccccc4n23)c(C2CC3CCC(C3)C2)c1. The van der Waals surface area contributed by atoms with Crippen LogP contribution in [0.15, 0.2) is 72.9 Å². The van der Waals surface area contributed by atoms with Crippen molar-refractivity contribution in [2.24, 2.45) is 23.7 Å². The number of para-hydroxylation sites is 1. The van der Waals surface area contributed by atoms with Crippen LogP contribution in [0.1, 0.15) is 87.2 Å². The number of aromatic nitrogens is 2. The van der Waals surface area contributed by atoms with Gasteiger partial charge in [0.1, 0.15) is 5.65 Å². The normalized spacial score (nSPS) is 30.1. The van der Waals surface area contributed by atoms with Gasteiger partial charge in [0.05, 0.1) is 17.4 Å². The number of hydrogen-bond donors (Lipinski definition) is 0. The molecule has 4 unspecified atom stereocenters. The highest BCUT2D eigenvalue weighted by Crippen LogP contribution is 2.54. The Balaban J connectivity index is 1.32. The van der Waals surface area contributed by atoms with Gasteiger partial charge in [-0.2, -0.15) is 0 Å². The fourth-order valence-electron chi connectivity index (χ4n) is 9.86. The first-order valence-corrected chi connectivity index (χ1v) is 15.7. The summed E-state index contributed by atoms with van der Waals surface area (Å²) in [5.74, 6) is 5.10. The fraction of sp³-hybridized carbons (Fsp3) is 0.432. The third-order valence-corrected chi connectivity index (χ3v) is 11.4. The van der Waals surface area contributed by atoms with Crippen LogP contribution in [0.3, 0.4) is 0 Å². The van der Waals surface area contributed by atoms with Crippen molar-refractivity contribution in [3.05, 3.63) is 84.1 Å². The van der Waals surface area contributed by atoms with Gasteiger partial charge in [-0.1, -0.05) is 86.3 Å². The molecule has 4 bridgehead atoms. The topological polar surface area (TPSA) is 17.3 Å². The van der Waals surface area contributed by atoms with E-state index in [1.807, 2.05) is 0 Å². The second-order valence-electron chi connectivity index (χ2n) is 13.6. The third kappa shape index (κ3) is 3.49. The Morgan fingerprint density at radius 3 is 1.69 bits per heavy atom. The van der Waals surface area contributed by atoms with Crippen LogP contribution in [-0.4, -0.2) is 9.38 Å². The number of benzene rings is 3. The van der Waals surface area contributed by atoms with Gasteiger partial charge in [0.15, 0.2) is 0 Å². The highest BCUT2D eigenvalue weighted by atomic mass is 15.0. The Hall–Kier alpha value is -3.13. The van der Waals surface area contributed by atoms with E-state index >= 15 is 0 Å². The van der Waals surface area contributed by atoms with Crippen LogP contribution < -0.4 is 0 Å². The highest BCUT2D eigenvalue weighted by Gasteiger charge is 2.39. The molecule has 4 aliphatic carbocycles. The number of rotatable bonds is 3. The summed E-state index contributed by atoms with van der Waals surface area (Å²) >= 11 is 0. The minimum absolute atomic E-state index is 0.684. The Bertz CT molecular complexity index is 1650. The molecule has 0 spiro atoms. The molecule has 4 atom stereocenters. The third-order valence-electron chi connectivity index (χ3n) is 11.4. The molecule has 2 aromatic heterocycles. The van der Waals surface area contributed by atoms with Gasteiger partial charge in [-0.25, -0.2) is 4.98 Å². The Kier molecular flexibility index (Phi) is 5.05. The lowest BCUT2D eigenvalue weighted by molar-refractivity contribution is 0.315. The second-order valence-corrected chi connectivity index (χ2v) is 13.6. The van der Waals surface area contributed by atoms with Crippen molar-refractivity contribution in [1.29, 1.82) is 0 Å². The minimum atomic E-state index is 0.684. The molecule has 0 aliphatic heterocycles. The van der Waals surface area contributed by atoms with E-state index in [4.69, 9.17) is 4.98 Å². The van der Waals surface area contributed by atoms with E-state index in [9.17, 15) is 0 Å². The van der Waals surface area contributed by atoms with E-state index in [0.717, 1.165) is 29.3 Å². The maximum atomic E-state index is 5.19. The summed E-state index contributed by atoms with van der Waals surface area (Å²) in [6, 6.07) is 25.3. The predicted octanol–water partition coefficient (Wildman–Crippen LogP) is 9.90. The molecule has 0 N–H and O–H groups in total. The van der Waals surface area contributed by atoms with Crippen LogP contribution >= 0.6 is 0 Å². The smallest absolute Gasteiger partial charge is 0.145 e. The van der Waals surface area contributed by atoms with Gasteiger partial charge in [-0.3, -0.25) is 4.40 Å². The molecule has 196 valence electrons. The summed E-state index contributed by atoms with van der Waals surface area (Å²) in [5, 5.41) is 3.89. The van der Waals surface area contributed by atoms with E-state index in [2.05, 4.69) is 77.3 Å². The van der Waals surface area contributed by atoms with Crippen molar-refractivity contribution in [2.75, 3.05) is 0 Å². The van der Waals surface area contributed by atoms with Crippen LogP contribution in [0, 0.1) is 23.7 Å². The average Bonchev–Trinajstić information content (AvgIpc) is 3.68. The summed E-state index contributed by atoms with van der Waals surface area (Å²) in [6.45, 7) is 0. The number of fused-ring (bicyclic) bond motifs is 10. The van der Waals surface area contributed by atoms with Crippen molar-refractivity contribution in [3.63, 3.8) is 0 Å². The molecule has 39 heavy (non-hydrogen) atoms. The first kappa shape index (κ1) is 22.7. The molecular formula is C37H38N2. The van der Waals surface area contributed by atoms with E-state index in [1.165, 1.54) is 91.6 Å². The van der Waals surface area contributed by atoms with Gasteiger partial charge in [0.2, 0.25) is 0 Å². The fourth-order valence-corrected chi connectivity index (χ4v) is 9.86. The van der Waals surface area contributed by atoms with E-state index in [1.54, 1.807) is 16.7 Å². The van der Waals surface area contributed by atoms with Crippen molar-refractivity contribution in [1.82, 2.24) is 9.38 Å². The molecule has 2 heterocycles. The standard InChI is InChI=1S/C37H38N2/c1-2-8-33-31(6-1)32-7-3-4-11-34(32)39-35(22-38-37(33)39)36-29(27-18-23-12-13-24(16-23)19-27)9-5-10-30(36)28-20-25-14-15-26(17-25)21-28/h1-11,22-28H,12-21H2. The highest BCUT2D eigenvalue weighted by molar-refractivity contribution is 6.12. The quantitative estimate of drug-likeness (QED) is 0.221. The van der Waals surface area contributed by atoms with Crippen LogP contribution in [0.4, 0.5) is 0 Å². The van der Waals surface area contributed by atoms with Crippen molar-refractivity contribution in [2.45, 2.75) is 76.0 Å². The first-order chi connectivity index (χ1) is 19.3. The zero-order valence-corrected chi connectivity index (χ0v) is 22.9. The lowest BCUT2D eigenvalue weighted by Crippen LogP contribution is -2.18. The molecule has 4 aliphatic rings. The molecule has 2 nitrogen and oxygen atoms in total. The predicted molar refractivity (Wildman–Crippen MR) is 161 cm³/mol. The van der Waals surface area contributed by atoms with Gasteiger partial charge >= 0.3 is 0 Å². The first-order valence-electron chi connectivity index (χ1n) is 15.7. The van der Waals surface area contributed by atoms with Gasteiger partial charge in [-0.05, 0) is 96.6 Å². The molecule has 4 fully saturated rings.